The van der Waals surface area contributed by atoms with Gasteiger partial charge in [-0.15, -0.1) is 11.3 Å². The van der Waals surface area contributed by atoms with E-state index in [0.717, 1.165) is 0 Å². The Kier molecular flexibility index (Phi) is 9.90. The maximum absolute atomic E-state index is 11.3. The van der Waals surface area contributed by atoms with Crippen LogP contribution in [0.2, 0.25) is 0 Å². The molecule has 2 N–H and O–H groups in total. The van der Waals surface area contributed by atoms with Gasteiger partial charge in [0.25, 0.3) is 11.8 Å². The Morgan fingerprint density at radius 1 is 1.33 bits per heavy atom. The van der Waals surface area contributed by atoms with Gasteiger partial charge in [0.1, 0.15) is 6.61 Å². The van der Waals surface area contributed by atoms with Crippen LogP contribution >= 0.6 is 11.3 Å². The standard InChI is InChI=1S/C9H12N2O3S.C3H8.2H2/c1-2-14-6-8(12)10-11-9(13)7-4-3-5-15-7;1-3-2;;/h3-5H,2,6H2,1H3,(H,10,12)(H,11,13);3H2,1-2H3;2*1H. The molecule has 0 fully saturated rings. The molecule has 5 nitrogen and oxygen atoms in total. The third kappa shape index (κ3) is 7.81. The molecule has 1 aromatic heterocycles. The minimum Gasteiger partial charge on any atom is -0.372 e. The second kappa shape index (κ2) is 10.7. The van der Waals surface area contributed by atoms with Gasteiger partial charge in [-0.05, 0) is 18.4 Å². The smallest absolute Gasteiger partial charge is 0.279 e. The number of amides is 2. The van der Waals surface area contributed by atoms with Gasteiger partial charge in [0.05, 0.1) is 4.88 Å². The first-order chi connectivity index (χ1) is 8.65. The molecule has 0 aliphatic rings. The lowest BCUT2D eigenvalue weighted by molar-refractivity contribution is -0.126. The summed E-state index contributed by atoms with van der Waals surface area (Å²) in [7, 11) is 0. The van der Waals surface area contributed by atoms with Crippen LogP contribution in [0, 0.1) is 0 Å². The number of ether oxygens (including phenoxy) is 1. The van der Waals surface area contributed by atoms with Crippen LogP contribution in [0.1, 0.15) is 39.7 Å². The second-order valence-electron chi connectivity index (χ2n) is 3.32. The van der Waals surface area contributed by atoms with Crippen LogP contribution in [0.3, 0.4) is 0 Å². The molecule has 2 amide bonds. The zero-order valence-electron chi connectivity index (χ0n) is 11.0. The first-order valence-electron chi connectivity index (χ1n) is 5.86. The predicted molar refractivity (Wildman–Crippen MR) is 76.6 cm³/mol. The number of thiophene rings is 1. The molecule has 106 valence electrons. The lowest BCUT2D eigenvalue weighted by Crippen LogP contribution is -2.43. The summed E-state index contributed by atoms with van der Waals surface area (Å²) >= 11 is 1.31. The fraction of sp³-hybridized carbons (Fsp3) is 0.500. The minimum atomic E-state index is -0.373. The van der Waals surface area contributed by atoms with Crippen LogP contribution in [0.4, 0.5) is 0 Å². The summed E-state index contributed by atoms with van der Waals surface area (Å²) in [5, 5.41) is 1.79. The van der Waals surface area contributed by atoms with E-state index in [1.54, 1.807) is 24.4 Å². The highest BCUT2D eigenvalue weighted by Crippen LogP contribution is 2.06. The molecule has 0 spiro atoms. The number of nitrogens with one attached hydrogen (secondary N) is 2. The zero-order chi connectivity index (χ0) is 13.8. The Bertz CT molecular complexity index is 348. The SMILES string of the molecule is CCC.CCOCC(=O)NNC(=O)c1cccs1.[HH].[HH]. The Hall–Kier alpha value is -1.40. The number of hydrazine groups is 1. The van der Waals surface area contributed by atoms with E-state index in [-0.39, 0.29) is 21.3 Å². The molecule has 0 aliphatic carbocycles. The van der Waals surface area contributed by atoms with Crippen molar-refractivity contribution in [3.63, 3.8) is 0 Å². The molecule has 0 saturated heterocycles. The monoisotopic (exact) mass is 276 g/mol. The van der Waals surface area contributed by atoms with Gasteiger partial charge >= 0.3 is 0 Å². The molecule has 0 saturated carbocycles. The number of hydrogen-bond donors (Lipinski definition) is 2. The first-order valence-corrected chi connectivity index (χ1v) is 6.74. The number of carbonyl (C=O) groups is 2. The lowest BCUT2D eigenvalue weighted by atomic mass is 10.4. The molecule has 1 rings (SSSR count). The van der Waals surface area contributed by atoms with Gasteiger partial charge in [0.15, 0.2) is 0 Å². The maximum Gasteiger partial charge on any atom is 0.279 e. The fourth-order valence-electron chi connectivity index (χ4n) is 0.827. The molecule has 18 heavy (non-hydrogen) atoms. The Labute approximate surface area is 114 Å². The Morgan fingerprint density at radius 2 is 2.00 bits per heavy atom. The third-order valence-corrected chi connectivity index (χ3v) is 2.37. The summed E-state index contributed by atoms with van der Waals surface area (Å²) < 4.78 is 4.86. The minimum absolute atomic E-state index is 0. The topological polar surface area (TPSA) is 67.4 Å². The summed E-state index contributed by atoms with van der Waals surface area (Å²) in [4.78, 5) is 22.9. The molecule has 0 aliphatic heterocycles. The van der Waals surface area contributed by atoms with Crippen molar-refractivity contribution in [2.45, 2.75) is 27.2 Å². The average Bonchev–Trinajstić information content (AvgIpc) is 2.88. The molecule has 0 atom stereocenters. The fourth-order valence-corrected chi connectivity index (χ4v) is 1.45. The van der Waals surface area contributed by atoms with Crippen molar-refractivity contribution < 1.29 is 17.2 Å². The van der Waals surface area contributed by atoms with Gasteiger partial charge in [-0.25, -0.2) is 0 Å². The molecular weight excluding hydrogens is 252 g/mol. The van der Waals surface area contributed by atoms with E-state index < -0.39 is 0 Å². The quantitative estimate of drug-likeness (QED) is 0.830. The Morgan fingerprint density at radius 3 is 2.50 bits per heavy atom. The molecular formula is C12H24N2O3S. The van der Waals surface area contributed by atoms with Crippen LogP contribution in [0.25, 0.3) is 0 Å². The van der Waals surface area contributed by atoms with Gasteiger partial charge in [-0.3, -0.25) is 20.4 Å². The van der Waals surface area contributed by atoms with Gasteiger partial charge in [0.2, 0.25) is 0 Å². The second-order valence-corrected chi connectivity index (χ2v) is 4.27. The molecule has 1 heterocycles. The summed E-state index contributed by atoms with van der Waals surface area (Å²) in [6.45, 7) is 6.45. The number of hydrogen-bond acceptors (Lipinski definition) is 4. The van der Waals surface area contributed by atoms with E-state index in [0.29, 0.717) is 11.5 Å². The normalized spacial score (nSPS) is 9.06. The molecule has 6 heteroatoms. The van der Waals surface area contributed by atoms with E-state index in [2.05, 4.69) is 24.7 Å². The molecule has 0 radical (unpaired) electrons. The summed E-state index contributed by atoms with van der Waals surface area (Å²) in [6, 6.07) is 3.44. The highest BCUT2D eigenvalue weighted by atomic mass is 32.1. The van der Waals surface area contributed by atoms with E-state index in [4.69, 9.17) is 4.74 Å². The van der Waals surface area contributed by atoms with Gasteiger partial charge in [-0.2, -0.15) is 0 Å². The van der Waals surface area contributed by atoms with Crippen molar-refractivity contribution in [2.24, 2.45) is 0 Å². The van der Waals surface area contributed by atoms with Crippen LogP contribution in [-0.2, 0) is 9.53 Å². The van der Waals surface area contributed by atoms with Crippen LogP contribution in [0.5, 0.6) is 0 Å². The number of carbonyl (C=O) groups excluding carboxylic acids is 2. The van der Waals surface area contributed by atoms with Gasteiger partial charge < -0.3 is 4.74 Å². The largest absolute Gasteiger partial charge is 0.372 e. The van der Waals surface area contributed by atoms with Gasteiger partial charge in [0, 0.05) is 9.46 Å². The molecule has 0 aromatic carbocycles. The summed E-state index contributed by atoms with van der Waals surface area (Å²) in [5.41, 5.74) is 4.53. The van der Waals surface area contributed by atoms with E-state index >= 15 is 0 Å². The van der Waals surface area contributed by atoms with Crippen LogP contribution in [0.15, 0.2) is 17.5 Å². The number of rotatable bonds is 4. The molecule has 1 aromatic rings. The first kappa shape index (κ1) is 16.6. The van der Waals surface area contributed by atoms with Crippen molar-refractivity contribution in [1.29, 1.82) is 0 Å². The van der Waals surface area contributed by atoms with Gasteiger partial charge in [-0.1, -0.05) is 26.3 Å². The van der Waals surface area contributed by atoms with E-state index in [1.165, 1.54) is 17.8 Å². The average molecular weight is 276 g/mol. The van der Waals surface area contributed by atoms with Crippen molar-refractivity contribution >= 4 is 23.2 Å². The highest BCUT2D eigenvalue weighted by molar-refractivity contribution is 7.12. The lowest BCUT2D eigenvalue weighted by Gasteiger charge is -2.05. The van der Waals surface area contributed by atoms with Crippen LogP contribution in [-0.4, -0.2) is 25.0 Å². The highest BCUT2D eigenvalue weighted by Gasteiger charge is 2.07. The van der Waals surface area contributed by atoms with E-state index in [9.17, 15) is 9.59 Å². The Balaban J connectivity index is -0.000000530. The van der Waals surface area contributed by atoms with E-state index in [1.807, 2.05) is 0 Å². The zero-order valence-corrected chi connectivity index (χ0v) is 11.8. The van der Waals surface area contributed by atoms with Crippen LogP contribution < -0.4 is 10.9 Å². The summed E-state index contributed by atoms with van der Waals surface area (Å²) in [6.07, 6.45) is 1.25. The predicted octanol–water partition coefficient (Wildman–Crippen LogP) is 2.45. The van der Waals surface area contributed by atoms with Crippen molar-refractivity contribution in [1.82, 2.24) is 10.9 Å². The third-order valence-electron chi connectivity index (χ3n) is 1.50. The summed E-state index contributed by atoms with van der Waals surface area (Å²) in [5.74, 6) is -0.698. The molecule has 0 unspecified atom stereocenters. The van der Waals surface area contributed by atoms with Crippen molar-refractivity contribution in [3.8, 4) is 0 Å². The van der Waals surface area contributed by atoms with Crippen molar-refractivity contribution in [2.75, 3.05) is 13.2 Å². The molecule has 0 bridgehead atoms. The van der Waals surface area contributed by atoms with Crippen molar-refractivity contribution in [3.05, 3.63) is 22.4 Å². The maximum atomic E-state index is 11.3.